The van der Waals surface area contributed by atoms with E-state index in [2.05, 4.69) is 12.4 Å². The van der Waals surface area contributed by atoms with Gasteiger partial charge in [0.1, 0.15) is 0 Å². The van der Waals surface area contributed by atoms with E-state index in [0.717, 1.165) is 0 Å². The Labute approximate surface area is 84.0 Å². The molecule has 0 radical (unpaired) electrons. The molecule has 1 atom stereocenters. The number of nitrogens with one attached hydrogen (secondary N) is 1. The van der Waals surface area contributed by atoms with Crippen molar-refractivity contribution in [2.24, 2.45) is 0 Å². The van der Waals surface area contributed by atoms with Gasteiger partial charge in [0.15, 0.2) is 0 Å². The number of carbonyl (C=O) groups excluding carboxylic acids is 1. The van der Waals surface area contributed by atoms with Gasteiger partial charge >= 0.3 is 0 Å². The fourth-order valence-electron chi connectivity index (χ4n) is 1.15. The van der Waals surface area contributed by atoms with Crippen molar-refractivity contribution >= 4 is 5.91 Å². The maximum atomic E-state index is 10.5. The van der Waals surface area contributed by atoms with Crippen LogP contribution in [0.15, 0.2) is 30.3 Å². The molecule has 0 aliphatic rings. The summed E-state index contributed by atoms with van der Waals surface area (Å²) in [6.45, 7) is 3.97. The number of hydrogen-bond donors (Lipinski definition) is 1. The van der Waals surface area contributed by atoms with E-state index in [0.29, 0.717) is 6.61 Å². The van der Waals surface area contributed by atoms with E-state index in [-0.39, 0.29) is 11.8 Å². The third kappa shape index (κ3) is 3.58. The zero-order valence-electron chi connectivity index (χ0n) is 8.49. The fourth-order valence-corrected chi connectivity index (χ4v) is 1.15. The molecule has 3 heteroatoms. The Bertz CT molecular complexity index is 285. The second kappa shape index (κ2) is 5.40. The summed E-state index contributed by atoms with van der Waals surface area (Å²) in [4.78, 5) is 15.5. The molecule has 0 aliphatic heterocycles. The van der Waals surface area contributed by atoms with Gasteiger partial charge in [0.2, 0.25) is 5.91 Å². The van der Waals surface area contributed by atoms with Crippen LogP contribution in [-0.2, 0) is 9.63 Å². The van der Waals surface area contributed by atoms with Crippen LogP contribution in [0.2, 0.25) is 0 Å². The van der Waals surface area contributed by atoms with Crippen LogP contribution >= 0.6 is 0 Å². The minimum atomic E-state index is -0.176. The molecule has 3 nitrogen and oxygen atoms in total. The summed E-state index contributed by atoms with van der Waals surface area (Å²) in [7, 11) is 0. The van der Waals surface area contributed by atoms with Gasteiger partial charge in [-0.25, -0.2) is 5.48 Å². The first-order valence-corrected chi connectivity index (χ1v) is 4.63. The van der Waals surface area contributed by atoms with Crippen LogP contribution in [0.25, 0.3) is 0 Å². The minimum Gasteiger partial charge on any atom is -0.273 e. The molecule has 1 unspecified atom stereocenters. The van der Waals surface area contributed by atoms with Gasteiger partial charge in [-0.15, -0.1) is 0 Å². The van der Waals surface area contributed by atoms with Crippen LogP contribution in [0.3, 0.4) is 0 Å². The van der Waals surface area contributed by atoms with Gasteiger partial charge in [0.25, 0.3) is 0 Å². The van der Waals surface area contributed by atoms with Crippen molar-refractivity contribution in [1.82, 2.24) is 5.48 Å². The summed E-state index contributed by atoms with van der Waals surface area (Å²) >= 11 is 0. The molecule has 0 heterocycles. The molecule has 0 saturated heterocycles. The fraction of sp³-hybridized carbons (Fsp3) is 0.364. The minimum absolute atomic E-state index is 0.176. The van der Waals surface area contributed by atoms with Crippen molar-refractivity contribution in [3.8, 4) is 0 Å². The summed E-state index contributed by atoms with van der Waals surface area (Å²) < 4.78 is 0. The van der Waals surface area contributed by atoms with E-state index in [9.17, 15) is 4.79 Å². The highest BCUT2D eigenvalue weighted by molar-refractivity contribution is 5.71. The molecule has 1 N–H and O–H groups in total. The van der Waals surface area contributed by atoms with Crippen LogP contribution in [0.4, 0.5) is 0 Å². The molecule has 1 aromatic rings. The maximum Gasteiger partial charge on any atom is 0.240 e. The molecule has 0 spiro atoms. The van der Waals surface area contributed by atoms with E-state index < -0.39 is 0 Å². The third-order valence-corrected chi connectivity index (χ3v) is 1.92. The molecule has 0 aliphatic carbocycles. The number of carbonyl (C=O) groups is 1. The van der Waals surface area contributed by atoms with E-state index in [1.807, 2.05) is 30.3 Å². The first kappa shape index (κ1) is 10.7. The molecule has 76 valence electrons. The van der Waals surface area contributed by atoms with E-state index in [1.54, 1.807) is 0 Å². The standard InChI is InChI=1S/C11H15NO2/c1-9(8-14-12-10(2)13)11-6-4-3-5-7-11/h3-7,9H,8H2,1-2H3,(H,12,13). The van der Waals surface area contributed by atoms with Crippen LogP contribution in [-0.4, -0.2) is 12.5 Å². The van der Waals surface area contributed by atoms with E-state index in [1.165, 1.54) is 12.5 Å². The lowest BCUT2D eigenvalue weighted by atomic mass is 10.0. The lowest BCUT2D eigenvalue weighted by Crippen LogP contribution is -2.22. The normalized spacial score (nSPS) is 12.1. The summed E-state index contributed by atoms with van der Waals surface area (Å²) in [5.74, 6) is 0.105. The Morgan fingerprint density at radius 2 is 2.07 bits per heavy atom. The number of hydroxylamine groups is 1. The Balaban J connectivity index is 2.36. The van der Waals surface area contributed by atoms with Crippen molar-refractivity contribution in [3.63, 3.8) is 0 Å². The predicted molar refractivity (Wildman–Crippen MR) is 54.6 cm³/mol. The SMILES string of the molecule is CC(=O)NOCC(C)c1ccccc1. The zero-order chi connectivity index (χ0) is 10.4. The van der Waals surface area contributed by atoms with Gasteiger partial charge in [-0.3, -0.25) is 9.63 Å². The van der Waals surface area contributed by atoms with Crippen molar-refractivity contribution in [2.45, 2.75) is 19.8 Å². The smallest absolute Gasteiger partial charge is 0.240 e. The third-order valence-electron chi connectivity index (χ3n) is 1.92. The molecule has 1 amide bonds. The monoisotopic (exact) mass is 193 g/mol. The first-order valence-electron chi connectivity index (χ1n) is 4.63. The van der Waals surface area contributed by atoms with Gasteiger partial charge in [0, 0.05) is 12.8 Å². The van der Waals surface area contributed by atoms with Gasteiger partial charge < -0.3 is 0 Å². The molecule has 1 rings (SSSR count). The molecule has 0 fully saturated rings. The summed E-state index contributed by atoms with van der Waals surface area (Å²) in [5.41, 5.74) is 3.51. The average molecular weight is 193 g/mol. The van der Waals surface area contributed by atoms with Gasteiger partial charge in [0.05, 0.1) is 6.61 Å². The lowest BCUT2D eigenvalue weighted by molar-refractivity contribution is -0.131. The van der Waals surface area contributed by atoms with Crippen molar-refractivity contribution < 1.29 is 9.63 Å². The molecule has 0 aromatic heterocycles. The van der Waals surface area contributed by atoms with Crippen molar-refractivity contribution in [2.75, 3.05) is 6.61 Å². The summed E-state index contributed by atoms with van der Waals surface area (Å²) in [6.07, 6.45) is 0. The lowest BCUT2D eigenvalue weighted by Gasteiger charge is -2.11. The Morgan fingerprint density at radius 1 is 1.43 bits per heavy atom. The second-order valence-electron chi connectivity index (χ2n) is 3.28. The average Bonchev–Trinajstić information content (AvgIpc) is 2.18. The van der Waals surface area contributed by atoms with Gasteiger partial charge in [-0.05, 0) is 5.56 Å². The molecule has 1 aromatic carbocycles. The van der Waals surface area contributed by atoms with Crippen LogP contribution in [0.5, 0.6) is 0 Å². The molecular weight excluding hydrogens is 178 g/mol. The van der Waals surface area contributed by atoms with Gasteiger partial charge in [-0.2, -0.15) is 0 Å². The number of benzene rings is 1. The van der Waals surface area contributed by atoms with Crippen molar-refractivity contribution in [1.29, 1.82) is 0 Å². The second-order valence-corrected chi connectivity index (χ2v) is 3.28. The highest BCUT2D eigenvalue weighted by Gasteiger charge is 2.04. The Morgan fingerprint density at radius 3 is 2.64 bits per heavy atom. The summed E-state index contributed by atoms with van der Waals surface area (Å²) in [5, 5.41) is 0. The van der Waals surface area contributed by atoms with E-state index >= 15 is 0 Å². The van der Waals surface area contributed by atoms with Crippen molar-refractivity contribution in [3.05, 3.63) is 35.9 Å². The van der Waals surface area contributed by atoms with Crippen LogP contribution in [0.1, 0.15) is 25.3 Å². The maximum absolute atomic E-state index is 10.5. The van der Waals surface area contributed by atoms with Gasteiger partial charge in [-0.1, -0.05) is 37.3 Å². The highest BCUT2D eigenvalue weighted by atomic mass is 16.6. The topological polar surface area (TPSA) is 38.3 Å². The number of amides is 1. The van der Waals surface area contributed by atoms with E-state index in [4.69, 9.17) is 4.84 Å². The largest absolute Gasteiger partial charge is 0.273 e. The predicted octanol–water partition coefficient (Wildman–Crippen LogP) is 1.86. The molecule has 0 saturated carbocycles. The Hall–Kier alpha value is -1.35. The quantitative estimate of drug-likeness (QED) is 0.741. The highest BCUT2D eigenvalue weighted by Crippen LogP contribution is 2.13. The zero-order valence-corrected chi connectivity index (χ0v) is 8.49. The van der Waals surface area contributed by atoms with Crippen LogP contribution < -0.4 is 5.48 Å². The Kier molecular flexibility index (Phi) is 4.13. The number of rotatable bonds is 4. The molecule has 0 bridgehead atoms. The van der Waals surface area contributed by atoms with Crippen LogP contribution in [0, 0.1) is 0 Å². The number of hydrogen-bond acceptors (Lipinski definition) is 2. The first-order chi connectivity index (χ1) is 6.70. The molecular formula is C11H15NO2. The summed E-state index contributed by atoms with van der Waals surface area (Å²) in [6, 6.07) is 10.0. The molecule has 14 heavy (non-hydrogen) atoms.